The van der Waals surface area contributed by atoms with Gasteiger partial charge in [-0.1, -0.05) is 30.8 Å². The Bertz CT molecular complexity index is 989. The first-order chi connectivity index (χ1) is 13.9. The second-order valence-electron chi connectivity index (χ2n) is 7.06. The zero-order valence-electron chi connectivity index (χ0n) is 17.7. The molecule has 0 bridgehead atoms. The summed E-state index contributed by atoms with van der Waals surface area (Å²) >= 11 is 1.44. The molecule has 0 saturated heterocycles. The first-order valence-corrected chi connectivity index (χ1v) is 10.8. The normalized spacial score (nSPS) is 11.1. The van der Waals surface area contributed by atoms with Crippen LogP contribution < -0.4 is 4.74 Å². The van der Waals surface area contributed by atoms with Gasteiger partial charge >= 0.3 is 0 Å². The molecule has 7 heteroatoms. The monoisotopic (exact) mass is 412 g/mol. The van der Waals surface area contributed by atoms with Gasteiger partial charge in [-0.25, -0.2) is 0 Å². The summed E-state index contributed by atoms with van der Waals surface area (Å²) in [5.74, 6) is 2.27. The van der Waals surface area contributed by atoms with E-state index in [2.05, 4.69) is 33.8 Å². The molecule has 0 amide bonds. The van der Waals surface area contributed by atoms with Crippen LogP contribution in [0, 0.1) is 13.8 Å². The largest absolute Gasteiger partial charge is 0.497 e. The maximum Gasteiger partial charge on any atom is 0.191 e. The molecule has 0 aliphatic heterocycles. The molecular formula is C22H28N4O2S. The molecule has 0 aliphatic carbocycles. The molecule has 1 aromatic carbocycles. The van der Waals surface area contributed by atoms with Crippen molar-refractivity contribution in [1.82, 2.24) is 19.3 Å². The van der Waals surface area contributed by atoms with Crippen molar-refractivity contribution in [3.05, 3.63) is 58.7 Å². The Balaban J connectivity index is 1.65. The van der Waals surface area contributed by atoms with Crippen LogP contribution in [0.2, 0.25) is 0 Å². The third-order valence-electron chi connectivity index (χ3n) is 5.23. The van der Waals surface area contributed by atoms with E-state index in [1.54, 1.807) is 7.11 Å². The number of ether oxygens (including phenoxy) is 1. The van der Waals surface area contributed by atoms with Gasteiger partial charge < -0.3 is 13.9 Å². The molecule has 0 atom stereocenters. The Morgan fingerprint density at radius 2 is 1.90 bits per heavy atom. The summed E-state index contributed by atoms with van der Waals surface area (Å²) in [5.41, 5.74) is 4.17. The lowest BCUT2D eigenvalue weighted by Crippen LogP contribution is -2.09. The van der Waals surface area contributed by atoms with Gasteiger partial charge in [-0.05, 0) is 44.0 Å². The van der Waals surface area contributed by atoms with Crippen molar-refractivity contribution in [3.8, 4) is 5.75 Å². The van der Waals surface area contributed by atoms with Crippen LogP contribution in [0.25, 0.3) is 0 Å². The number of nitrogens with zero attached hydrogens (tertiary/aromatic N) is 4. The van der Waals surface area contributed by atoms with Gasteiger partial charge in [0.05, 0.1) is 12.9 Å². The summed E-state index contributed by atoms with van der Waals surface area (Å²) in [5, 5.41) is 9.12. The predicted octanol–water partition coefficient (Wildman–Crippen LogP) is 4.02. The van der Waals surface area contributed by atoms with E-state index >= 15 is 0 Å². The van der Waals surface area contributed by atoms with Crippen molar-refractivity contribution in [2.24, 2.45) is 7.05 Å². The number of carbonyl (C=O) groups is 1. The molecule has 0 aliphatic rings. The fraction of sp³-hybridized carbons (Fsp3) is 0.409. The summed E-state index contributed by atoms with van der Waals surface area (Å²) in [6.45, 7) is 6.97. The smallest absolute Gasteiger partial charge is 0.191 e. The standard InChI is InChI=1S/C22H28N4O2S/c1-6-21-23-24-22(25(21)4)29-14-20(27)19-13-15(2)26(16(19)3)12-11-17-7-9-18(28-5)10-8-17/h7-10,13H,6,11-12,14H2,1-5H3. The van der Waals surface area contributed by atoms with E-state index in [0.717, 1.165) is 53.1 Å². The molecule has 0 spiro atoms. The maximum atomic E-state index is 12.8. The van der Waals surface area contributed by atoms with Crippen molar-refractivity contribution in [2.75, 3.05) is 12.9 Å². The summed E-state index contributed by atoms with van der Waals surface area (Å²) < 4.78 is 9.39. The Morgan fingerprint density at radius 3 is 2.52 bits per heavy atom. The average molecular weight is 413 g/mol. The zero-order valence-corrected chi connectivity index (χ0v) is 18.5. The van der Waals surface area contributed by atoms with Crippen LogP contribution in [0.15, 0.2) is 35.5 Å². The van der Waals surface area contributed by atoms with Gasteiger partial charge in [-0.2, -0.15) is 0 Å². The van der Waals surface area contributed by atoms with Crippen LogP contribution in [0.5, 0.6) is 5.75 Å². The van der Waals surface area contributed by atoms with Crippen molar-refractivity contribution in [1.29, 1.82) is 0 Å². The number of aromatic nitrogens is 4. The number of carbonyl (C=O) groups excluding carboxylic acids is 1. The molecule has 0 radical (unpaired) electrons. The molecule has 6 nitrogen and oxygen atoms in total. The molecule has 0 unspecified atom stereocenters. The molecule has 29 heavy (non-hydrogen) atoms. The molecule has 0 fully saturated rings. The Hall–Kier alpha value is -2.54. The van der Waals surface area contributed by atoms with Gasteiger partial charge in [0.1, 0.15) is 11.6 Å². The minimum Gasteiger partial charge on any atom is -0.497 e. The number of hydrogen-bond donors (Lipinski definition) is 0. The topological polar surface area (TPSA) is 61.9 Å². The number of Topliss-reactive ketones (excluding diaryl/α,β-unsaturated/α-hetero) is 1. The van der Waals surface area contributed by atoms with Crippen LogP contribution >= 0.6 is 11.8 Å². The fourth-order valence-corrected chi connectivity index (χ4v) is 4.26. The highest BCUT2D eigenvalue weighted by molar-refractivity contribution is 7.99. The Labute approximate surface area is 176 Å². The van der Waals surface area contributed by atoms with E-state index in [1.165, 1.54) is 17.3 Å². The van der Waals surface area contributed by atoms with Crippen molar-refractivity contribution >= 4 is 17.5 Å². The van der Waals surface area contributed by atoms with E-state index in [4.69, 9.17) is 4.74 Å². The molecule has 0 N–H and O–H groups in total. The number of aryl methyl sites for hydroxylation is 3. The summed E-state index contributed by atoms with van der Waals surface area (Å²) in [7, 11) is 3.61. The lowest BCUT2D eigenvalue weighted by Gasteiger charge is -2.10. The number of thioether (sulfide) groups is 1. The van der Waals surface area contributed by atoms with Gasteiger partial charge in [0.15, 0.2) is 10.9 Å². The van der Waals surface area contributed by atoms with E-state index in [-0.39, 0.29) is 5.78 Å². The highest BCUT2D eigenvalue weighted by atomic mass is 32.2. The molecule has 2 aromatic heterocycles. The maximum absolute atomic E-state index is 12.8. The molecule has 3 rings (SSSR count). The summed E-state index contributed by atoms with van der Waals surface area (Å²) in [6, 6.07) is 10.1. The zero-order chi connectivity index (χ0) is 21.0. The number of methoxy groups -OCH3 is 1. The lowest BCUT2D eigenvalue weighted by atomic mass is 10.1. The predicted molar refractivity (Wildman–Crippen MR) is 116 cm³/mol. The van der Waals surface area contributed by atoms with E-state index in [1.807, 2.05) is 43.7 Å². The van der Waals surface area contributed by atoms with Crippen molar-refractivity contribution < 1.29 is 9.53 Å². The first-order valence-electron chi connectivity index (χ1n) is 9.78. The van der Waals surface area contributed by atoms with Crippen LogP contribution in [-0.2, 0) is 26.4 Å². The number of hydrogen-bond acceptors (Lipinski definition) is 5. The van der Waals surface area contributed by atoms with Gasteiger partial charge in [0, 0.05) is 37.0 Å². The number of ketones is 1. The van der Waals surface area contributed by atoms with Crippen LogP contribution in [0.3, 0.4) is 0 Å². The molecule has 154 valence electrons. The summed E-state index contributed by atoms with van der Waals surface area (Å²) in [4.78, 5) is 12.8. The van der Waals surface area contributed by atoms with Crippen molar-refractivity contribution in [2.45, 2.75) is 45.3 Å². The second kappa shape index (κ2) is 9.31. The minimum atomic E-state index is 0.125. The van der Waals surface area contributed by atoms with Crippen LogP contribution in [0.1, 0.15) is 40.1 Å². The van der Waals surface area contributed by atoms with Crippen LogP contribution in [0.4, 0.5) is 0 Å². The Kier molecular flexibility index (Phi) is 6.79. The van der Waals surface area contributed by atoms with E-state index in [9.17, 15) is 4.79 Å². The highest BCUT2D eigenvalue weighted by Gasteiger charge is 2.17. The molecule has 0 saturated carbocycles. The Morgan fingerprint density at radius 1 is 1.17 bits per heavy atom. The third kappa shape index (κ3) is 4.72. The van der Waals surface area contributed by atoms with Gasteiger partial charge in [0.2, 0.25) is 0 Å². The molecule has 2 heterocycles. The van der Waals surface area contributed by atoms with Crippen LogP contribution in [-0.4, -0.2) is 38.0 Å². The average Bonchev–Trinajstić information content (AvgIpc) is 3.23. The highest BCUT2D eigenvalue weighted by Crippen LogP contribution is 2.22. The minimum absolute atomic E-state index is 0.125. The van der Waals surface area contributed by atoms with E-state index in [0.29, 0.717) is 5.75 Å². The lowest BCUT2D eigenvalue weighted by molar-refractivity contribution is 0.102. The molecule has 3 aromatic rings. The number of rotatable bonds is 9. The SMILES string of the molecule is CCc1nnc(SCC(=O)c2cc(C)n(CCc3ccc(OC)cc3)c2C)n1C. The third-order valence-corrected chi connectivity index (χ3v) is 6.25. The summed E-state index contributed by atoms with van der Waals surface area (Å²) in [6.07, 6.45) is 1.73. The molecular weight excluding hydrogens is 384 g/mol. The van der Waals surface area contributed by atoms with Gasteiger partial charge in [-0.15, -0.1) is 10.2 Å². The quantitative estimate of drug-likeness (QED) is 0.392. The van der Waals surface area contributed by atoms with E-state index < -0.39 is 0 Å². The fourth-order valence-electron chi connectivity index (χ4n) is 3.45. The van der Waals surface area contributed by atoms with Crippen molar-refractivity contribution in [3.63, 3.8) is 0 Å². The number of benzene rings is 1. The second-order valence-corrected chi connectivity index (χ2v) is 8.00. The van der Waals surface area contributed by atoms with Gasteiger partial charge in [0.25, 0.3) is 0 Å². The van der Waals surface area contributed by atoms with Gasteiger partial charge in [-0.3, -0.25) is 4.79 Å². The first kappa shape index (κ1) is 21.2.